The highest BCUT2D eigenvalue weighted by atomic mass is 32.1. The second kappa shape index (κ2) is 8.72. The summed E-state index contributed by atoms with van der Waals surface area (Å²) in [5, 5.41) is 4.72. The highest BCUT2D eigenvalue weighted by Gasteiger charge is 2.48. The fraction of sp³-hybridized carbons (Fsp3) is 0.882. The number of nitrogens with zero attached hydrogens (tertiary/aromatic N) is 4. The lowest BCUT2D eigenvalue weighted by Crippen LogP contribution is -2.50. The third kappa shape index (κ3) is 4.10. The van der Waals surface area contributed by atoms with Crippen molar-refractivity contribution in [1.82, 2.24) is 30.6 Å². The third-order valence-electron chi connectivity index (χ3n) is 6.42. The van der Waals surface area contributed by atoms with Crippen LogP contribution in [0.5, 0.6) is 0 Å². The fourth-order valence-corrected chi connectivity index (χ4v) is 4.89. The lowest BCUT2D eigenvalue weighted by atomic mass is 10.0. The second-order valence-electron chi connectivity index (χ2n) is 8.20. The maximum absolute atomic E-state index is 12.5. The molecule has 11 heteroatoms. The predicted molar refractivity (Wildman–Crippen MR) is 104 cm³/mol. The van der Waals surface area contributed by atoms with Gasteiger partial charge in [0, 0.05) is 64.3 Å². The van der Waals surface area contributed by atoms with Gasteiger partial charge in [0.1, 0.15) is 6.04 Å². The number of carbonyl (C=O) groups excluding carboxylic acids is 2. The van der Waals surface area contributed by atoms with Crippen molar-refractivity contribution in [3.63, 3.8) is 0 Å². The second-order valence-corrected chi connectivity index (χ2v) is 8.36. The van der Waals surface area contributed by atoms with Gasteiger partial charge in [-0.05, 0) is 26.3 Å². The van der Waals surface area contributed by atoms with Crippen molar-refractivity contribution in [2.24, 2.45) is 0 Å². The summed E-state index contributed by atoms with van der Waals surface area (Å²) < 4.78 is 4.84. The number of piperazine rings is 1. The van der Waals surface area contributed by atoms with Crippen molar-refractivity contribution in [1.29, 1.82) is 0 Å². The van der Waals surface area contributed by atoms with E-state index < -0.39 is 6.04 Å². The van der Waals surface area contributed by atoms with Gasteiger partial charge in [-0.1, -0.05) is 0 Å². The van der Waals surface area contributed by atoms with Crippen molar-refractivity contribution in [2.45, 2.75) is 43.4 Å². The number of urea groups is 1. The Morgan fingerprint density at radius 2 is 2.04 bits per heavy atom. The number of rotatable bonds is 6. The van der Waals surface area contributed by atoms with Gasteiger partial charge in [-0.3, -0.25) is 14.5 Å². The summed E-state index contributed by atoms with van der Waals surface area (Å²) in [6.45, 7) is 6.29. The summed E-state index contributed by atoms with van der Waals surface area (Å²) in [5.41, 5.74) is 2.54. The molecule has 3 amide bonds. The van der Waals surface area contributed by atoms with Gasteiger partial charge in [0.05, 0.1) is 12.6 Å². The van der Waals surface area contributed by atoms with Gasteiger partial charge in [0.15, 0.2) is 0 Å². The van der Waals surface area contributed by atoms with E-state index in [-0.39, 0.29) is 24.0 Å². The lowest BCUT2D eigenvalue weighted by molar-refractivity contribution is -0.139. The number of fused-ring (bicyclic) bond motifs is 2. The SMILES string of the molecule is CN1CCN([C@H]2CN[C@H](CONC(=O)C3CCC4CN3C(=O)N4OS)C2)CC1. The van der Waals surface area contributed by atoms with Crippen molar-refractivity contribution in [3.8, 4) is 0 Å². The molecule has 0 aromatic heterocycles. The minimum Gasteiger partial charge on any atom is -0.310 e. The van der Waals surface area contributed by atoms with Crippen LogP contribution in [0.15, 0.2) is 0 Å². The Hall–Kier alpha value is -1.11. The molecule has 158 valence electrons. The van der Waals surface area contributed by atoms with E-state index >= 15 is 0 Å². The molecule has 4 atom stereocenters. The van der Waals surface area contributed by atoms with Gasteiger partial charge in [0.2, 0.25) is 0 Å². The Kier molecular flexibility index (Phi) is 6.28. The van der Waals surface area contributed by atoms with E-state index in [0.29, 0.717) is 32.0 Å². The molecule has 28 heavy (non-hydrogen) atoms. The Labute approximate surface area is 171 Å². The molecule has 0 saturated carbocycles. The topological polar surface area (TPSA) is 89.6 Å². The van der Waals surface area contributed by atoms with E-state index in [1.165, 1.54) is 9.96 Å². The minimum atomic E-state index is -0.521. The summed E-state index contributed by atoms with van der Waals surface area (Å²) in [5.74, 6) is -0.276. The summed E-state index contributed by atoms with van der Waals surface area (Å²) in [6, 6.07) is -0.119. The van der Waals surface area contributed by atoms with Gasteiger partial charge in [-0.25, -0.2) is 14.6 Å². The van der Waals surface area contributed by atoms with E-state index in [2.05, 4.69) is 40.6 Å². The number of thiol groups is 1. The number of likely N-dealkylation sites (N-methyl/N-ethyl adjacent to an activating group) is 1. The van der Waals surface area contributed by atoms with Gasteiger partial charge in [0.25, 0.3) is 5.91 Å². The number of hydrogen-bond donors (Lipinski definition) is 3. The predicted octanol–water partition coefficient (Wildman–Crippen LogP) is -0.943. The average Bonchev–Trinajstić information content (AvgIpc) is 3.26. The minimum absolute atomic E-state index is 0.0378. The van der Waals surface area contributed by atoms with Crippen LogP contribution in [0.2, 0.25) is 0 Å². The molecule has 0 aliphatic carbocycles. The molecule has 0 aromatic rings. The molecule has 0 spiro atoms. The molecule has 2 unspecified atom stereocenters. The average molecular weight is 415 g/mol. The molecule has 4 aliphatic heterocycles. The zero-order chi connectivity index (χ0) is 19.7. The molecule has 4 fully saturated rings. The number of amides is 3. The number of hydroxylamine groups is 3. The lowest BCUT2D eigenvalue weighted by Gasteiger charge is -2.36. The molecular weight excluding hydrogens is 384 g/mol. The summed E-state index contributed by atoms with van der Waals surface area (Å²) in [7, 11) is 2.16. The molecule has 0 aromatic carbocycles. The first kappa shape index (κ1) is 20.2. The van der Waals surface area contributed by atoms with Crippen LogP contribution in [0.25, 0.3) is 0 Å². The first-order chi connectivity index (χ1) is 13.6. The van der Waals surface area contributed by atoms with Crippen molar-refractivity contribution in [2.75, 3.05) is 52.9 Å². The Morgan fingerprint density at radius 1 is 1.25 bits per heavy atom. The van der Waals surface area contributed by atoms with Gasteiger partial charge in [-0.15, -0.1) is 0 Å². The smallest absolute Gasteiger partial charge is 0.310 e. The number of nitrogens with one attached hydrogen (secondary N) is 2. The fourth-order valence-electron chi connectivity index (χ4n) is 4.68. The maximum Gasteiger partial charge on any atom is 0.345 e. The molecule has 4 aliphatic rings. The van der Waals surface area contributed by atoms with Crippen LogP contribution in [0.4, 0.5) is 4.79 Å². The normalized spacial score (nSPS) is 34.3. The van der Waals surface area contributed by atoms with Crippen molar-refractivity contribution in [3.05, 3.63) is 0 Å². The molecular formula is C17H30N6O4S. The number of piperidine rings is 1. The molecule has 2 N–H and O–H groups in total. The zero-order valence-electron chi connectivity index (χ0n) is 16.2. The maximum atomic E-state index is 12.5. The zero-order valence-corrected chi connectivity index (χ0v) is 17.1. The van der Waals surface area contributed by atoms with Crippen LogP contribution in [-0.2, 0) is 13.9 Å². The van der Waals surface area contributed by atoms with Crippen molar-refractivity contribution < 1.29 is 18.7 Å². The first-order valence-corrected chi connectivity index (χ1v) is 10.4. The molecule has 4 heterocycles. The van der Waals surface area contributed by atoms with Crippen LogP contribution >= 0.6 is 12.9 Å². The highest BCUT2D eigenvalue weighted by Crippen LogP contribution is 2.30. The van der Waals surface area contributed by atoms with Crippen LogP contribution in [0, 0.1) is 0 Å². The Morgan fingerprint density at radius 3 is 2.79 bits per heavy atom. The van der Waals surface area contributed by atoms with E-state index in [9.17, 15) is 9.59 Å². The van der Waals surface area contributed by atoms with Gasteiger partial charge in [-0.2, -0.15) is 5.06 Å². The Balaban J connectivity index is 1.19. The van der Waals surface area contributed by atoms with Crippen LogP contribution in [0.1, 0.15) is 19.3 Å². The van der Waals surface area contributed by atoms with E-state index in [1.807, 2.05) is 0 Å². The number of hydrogen-bond acceptors (Lipinski definition) is 8. The monoisotopic (exact) mass is 414 g/mol. The largest absolute Gasteiger partial charge is 0.345 e. The van der Waals surface area contributed by atoms with Crippen LogP contribution in [-0.4, -0.2) is 109 Å². The van der Waals surface area contributed by atoms with Gasteiger partial charge < -0.3 is 15.1 Å². The molecule has 0 radical (unpaired) electrons. The molecule has 10 nitrogen and oxygen atoms in total. The molecule has 4 rings (SSSR count). The van der Waals surface area contributed by atoms with E-state index in [0.717, 1.165) is 39.1 Å². The quantitative estimate of drug-likeness (QED) is 0.294. The summed E-state index contributed by atoms with van der Waals surface area (Å²) in [4.78, 5) is 36.7. The standard InChI is InChI=1S/C17H30N6O4S/c1-20-4-6-21(7-5-20)14-8-12(18-9-14)11-26-19-16(24)15-3-2-13-10-22(15)17(25)23(13)27-28/h12-15,18,28H,2-11H2,1H3,(H,19,24)/t12-,13?,14+,15?/m0/s1. The Bertz CT molecular complexity index is 590. The number of carbonyl (C=O) groups is 2. The first-order valence-electron chi connectivity index (χ1n) is 10.1. The summed E-state index contributed by atoms with van der Waals surface area (Å²) >= 11 is 3.73. The molecule has 2 bridgehead atoms. The summed E-state index contributed by atoms with van der Waals surface area (Å²) in [6.07, 6.45) is 2.31. The third-order valence-corrected chi connectivity index (χ3v) is 6.60. The van der Waals surface area contributed by atoms with Crippen molar-refractivity contribution >= 4 is 24.8 Å². The van der Waals surface area contributed by atoms with Gasteiger partial charge >= 0.3 is 6.03 Å². The van der Waals surface area contributed by atoms with E-state index in [1.54, 1.807) is 0 Å². The van der Waals surface area contributed by atoms with Crippen LogP contribution < -0.4 is 10.8 Å². The highest BCUT2D eigenvalue weighted by molar-refractivity contribution is 7.75. The van der Waals surface area contributed by atoms with Crippen LogP contribution in [0.3, 0.4) is 0 Å². The molecule has 4 saturated heterocycles. The van der Waals surface area contributed by atoms with E-state index in [4.69, 9.17) is 9.12 Å².